The Balaban J connectivity index is 0. The van der Waals surface area contributed by atoms with Gasteiger partial charge in [-0.25, -0.2) is 4.57 Å². The van der Waals surface area contributed by atoms with Gasteiger partial charge in [-0.3, -0.25) is 9.05 Å². The number of halogens is 3. The summed E-state index contributed by atoms with van der Waals surface area (Å²) in [5.74, 6) is 0. The Morgan fingerprint density at radius 3 is 2.00 bits per heavy atom. The molecule has 0 amide bonds. The molecule has 0 saturated carbocycles. The SMILES string of the molecule is COP(=O)(OC)OC=C(Cl)Cl.Cl. The number of hydrogen-bond donors (Lipinski definition) is 0. The first-order chi connectivity index (χ1) is 5.04. The van der Waals surface area contributed by atoms with Gasteiger partial charge >= 0.3 is 7.82 Å². The highest BCUT2D eigenvalue weighted by molar-refractivity contribution is 7.48. The molecule has 0 aromatic carbocycles. The van der Waals surface area contributed by atoms with E-state index in [1.54, 1.807) is 0 Å². The van der Waals surface area contributed by atoms with Crippen LogP contribution in [0.5, 0.6) is 0 Å². The molecule has 0 aliphatic carbocycles. The molecule has 8 heteroatoms. The Morgan fingerprint density at radius 1 is 1.33 bits per heavy atom. The molecule has 0 saturated heterocycles. The lowest BCUT2D eigenvalue weighted by atomic mass is 11.2. The average molecular weight is 257 g/mol. The minimum absolute atomic E-state index is 0. The summed E-state index contributed by atoms with van der Waals surface area (Å²) < 4.78 is 24.1. The first kappa shape index (κ1) is 15.1. The Hall–Kier alpha value is 0.560. The van der Waals surface area contributed by atoms with Crippen LogP contribution < -0.4 is 0 Å². The second-order valence-electron chi connectivity index (χ2n) is 1.33. The van der Waals surface area contributed by atoms with Crippen LogP contribution in [0.3, 0.4) is 0 Å². The Labute approximate surface area is 86.8 Å². The predicted molar refractivity (Wildman–Crippen MR) is 49.7 cm³/mol. The summed E-state index contributed by atoms with van der Waals surface area (Å²) in [4.78, 5) is 0. The van der Waals surface area contributed by atoms with E-state index in [0.717, 1.165) is 6.26 Å². The highest BCUT2D eigenvalue weighted by atomic mass is 35.5. The smallest absolute Gasteiger partial charge is 0.409 e. The molecule has 0 aliphatic rings. The predicted octanol–water partition coefficient (Wildman–Crippen LogP) is 3.10. The zero-order valence-corrected chi connectivity index (χ0v) is 9.54. The number of hydrogen-bond acceptors (Lipinski definition) is 4. The van der Waals surface area contributed by atoms with Crippen molar-refractivity contribution in [3.05, 3.63) is 10.8 Å². The van der Waals surface area contributed by atoms with Crippen molar-refractivity contribution in [2.45, 2.75) is 0 Å². The quantitative estimate of drug-likeness (QED) is 0.573. The lowest BCUT2D eigenvalue weighted by Crippen LogP contribution is -1.88. The van der Waals surface area contributed by atoms with Gasteiger partial charge in [0, 0.05) is 14.2 Å². The molecule has 0 atom stereocenters. The topological polar surface area (TPSA) is 44.8 Å². The summed E-state index contributed by atoms with van der Waals surface area (Å²) in [5.41, 5.74) is 0. The van der Waals surface area contributed by atoms with Crippen molar-refractivity contribution in [1.82, 2.24) is 0 Å². The summed E-state index contributed by atoms with van der Waals surface area (Å²) in [6, 6.07) is 0. The first-order valence-corrected chi connectivity index (χ1v) is 4.67. The van der Waals surface area contributed by atoms with Crippen LogP contribution in [0.1, 0.15) is 0 Å². The molecule has 0 aliphatic heterocycles. The van der Waals surface area contributed by atoms with Gasteiger partial charge in [0.15, 0.2) is 0 Å². The van der Waals surface area contributed by atoms with E-state index >= 15 is 0 Å². The molecule has 74 valence electrons. The van der Waals surface area contributed by atoms with Gasteiger partial charge in [-0.2, -0.15) is 0 Å². The van der Waals surface area contributed by atoms with E-state index in [9.17, 15) is 4.57 Å². The van der Waals surface area contributed by atoms with Crippen molar-refractivity contribution >= 4 is 43.4 Å². The summed E-state index contributed by atoms with van der Waals surface area (Å²) >= 11 is 10.3. The van der Waals surface area contributed by atoms with Crippen molar-refractivity contribution in [2.75, 3.05) is 14.2 Å². The van der Waals surface area contributed by atoms with Crippen LogP contribution in [0, 0.1) is 0 Å². The van der Waals surface area contributed by atoms with Crippen LogP contribution in [0.2, 0.25) is 0 Å². The highest BCUT2D eigenvalue weighted by Crippen LogP contribution is 2.48. The summed E-state index contributed by atoms with van der Waals surface area (Å²) in [6.45, 7) is 0. The third-order valence-corrected chi connectivity index (χ3v) is 2.15. The second kappa shape index (κ2) is 7.01. The van der Waals surface area contributed by atoms with E-state index in [-0.39, 0.29) is 16.9 Å². The molecule has 0 rings (SSSR count). The number of phosphoric acid groups is 1. The zero-order valence-electron chi connectivity index (χ0n) is 6.32. The maximum Gasteiger partial charge on any atom is 0.529 e. The normalized spacial score (nSPS) is 10.0. The van der Waals surface area contributed by atoms with Crippen molar-refractivity contribution < 1.29 is 18.1 Å². The van der Waals surface area contributed by atoms with Gasteiger partial charge in [-0.05, 0) is 0 Å². The van der Waals surface area contributed by atoms with Crippen LogP contribution in [0.4, 0.5) is 0 Å². The van der Waals surface area contributed by atoms with E-state index in [4.69, 9.17) is 23.2 Å². The maximum atomic E-state index is 11.0. The van der Waals surface area contributed by atoms with Gasteiger partial charge < -0.3 is 4.52 Å². The molecule has 0 radical (unpaired) electrons. The van der Waals surface area contributed by atoms with Crippen LogP contribution in [0.15, 0.2) is 10.8 Å². The maximum absolute atomic E-state index is 11.0. The van der Waals surface area contributed by atoms with Crippen LogP contribution >= 0.6 is 43.4 Å². The first-order valence-electron chi connectivity index (χ1n) is 2.45. The van der Waals surface area contributed by atoms with E-state index < -0.39 is 7.82 Å². The lowest BCUT2D eigenvalue weighted by Gasteiger charge is -2.10. The highest BCUT2D eigenvalue weighted by Gasteiger charge is 2.22. The average Bonchev–Trinajstić information content (AvgIpc) is 2.00. The minimum Gasteiger partial charge on any atom is -0.409 e. The molecule has 0 heterocycles. The van der Waals surface area contributed by atoms with Gasteiger partial charge in [0.2, 0.25) is 0 Å². The van der Waals surface area contributed by atoms with Gasteiger partial charge in [-0.15, -0.1) is 12.4 Å². The molecule has 0 N–H and O–H groups in total. The molecule has 0 fully saturated rings. The van der Waals surface area contributed by atoms with E-state index in [1.807, 2.05) is 0 Å². The molecule has 0 bridgehead atoms. The van der Waals surface area contributed by atoms with Crippen molar-refractivity contribution in [3.8, 4) is 0 Å². The molecule has 0 aromatic rings. The third-order valence-electron chi connectivity index (χ3n) is 0.718. The molecular weight excluding hydrogens is 249 g/mol. The van der Waals surface area contributed by atoms with E-state index in [2.05, 4.69) is 13.6 Å². The van der Waals surface area contributed by atoms with Crippen molar-refractivity contribution in [2.24, 2.45) is 0 Å². The molecule has 0 aromatic heterocycles. The van der Waals surface area contributed by atoms with E-state index in [1.165, 1.54) is 14.2 Å². The minimum atomic E-state index is -3.48. The molecule has 12 heavy (non-hydrogen) atoms. The lowest BCUT2D eigenvalue weighted by molar-refractivity contribution is 0.194. The van der Waals surface area contributed by atoms with E-state index in [0.29, 0.717) is 0 Å². The zero-order chi connectivity index (χ0) is 8.91. The van der Waals surface area contributed by atoms with Crippen molar-refractivity contribution in [1.29, 1.82) is 0 Å². The summed E-state index contributed by atoms with van der Waals surface area (Å²) in [7, 11) is -1.12. The largest absolute Gasteiger partial charge is 0.529 e. The van der Waals surface area contributed by atoms with Crippen LogP contribution in [-0.4, -0.2) is 14.2 Å². The summed E-state index contributed by atoms with van der Waals surface area (Å²) in [6.07, 6.45) is 0.872. The van der Waals surface area contributed by atoms with Gasteiger partial charge in [0.1, 0.15) is 10.8 Å². The Kier molecular flexibility index (Phi) is 8.79. The molecule has 4 nitrogen and oxygen atoms in total. The standard InChI is InChI=1S/C4H7Cl2O4P.ClH/c1-8-11(7,9-2)10-3-4(5)6;/h3H,1-2H3;1H. The Morgan fingerprint density at radius 2 is 1.75 bits per heavy atom. The molecule has 0 unspecified atom stereocenters. The van der Waals surface area contributed by atoms with Gasteiger partial charge in [-0.1, -0.05) is 23.2 Å². The third kappa shape index (κ3) is 6.12. The fourth-order valence-corrected chi connectivity index (χ4v) is 1.03. The molecular formula is C4H8Cl3O4P. The summed E-state index contributed by atoms with van der Waals surface area (Å²) in [5, 5.41) is 0. The number of rotatable bonds is 4. The number of phosphoric ester groups is 1. The molecule has 0 spiro atoms. The second-order valence-corrected chi connectivity index (χ2v) is 4.17. The fourth-order valence-electron chi connectivity index (χ4n) is 0.265. The van der Waals surface area contributed by atoms with Crippen LogP contribution in [0.25, 0.3) is 0 Å². The van der Waals surface area contributed by atoms with Crippen molar-refractivity contribution in [3.63, 3.8) is 0 Å². The van der Waals surface area contributed by atoms with Gasteiger partial charge in [0.05, 0.1) is 0 Å². The van der Waals surface area contributed by atoms with Crippen LogP contribution in [-0.2, 0) is 18.1 Å². The fraction of sp³-hybridized carbons (Fsp3) is 0.500. The Bertz CT molecular complexity index is 183. The van der Waals surface area contributed by atoms with Gasteiger partial charge in [0.25, 0.3) is 0 Å². The monoisotopic (exact) mass is 256 g/mol.